The van der Waals surface area contributed by atoms with Crippen LogP contribution in [-0.2, 0) is 4.74 Å². The van der Waals surface area contributed by atoms with Gasteiger partial charge in [0.1, 0.15) is 5.75 Å². The van der Waals surface area contributed by atoms with E-state index in [2.05, 4.69) is 20.1 Å². The van der Waals surface area contributed by atoms with Crippen molar-refractivity contribution in [2.45, 2.75) is 0 Å². The molecule has 1 heterocycles. The minimum Gasteiger partial charge on any atom is -0.450 e. The Morgan fingerprint density at radius 3 is 2.71 bits per heavy atom. The Morgan fingerprint density at radius 1 is 1.35 bits per heavy atom. The number of carbonyl (C=O) groups is 1. The smallest absolute Gasteiger partial charge is 0.450 e. The lowest BCUT2D eigenvalue weighted by Gasteiger charge is -1.99. The molecule has 0 N–H and O–H groups in total. The summed E-state index contributed by atoms with van der Waals surface area (Å²) in [7, 11) is 1.21. The summed E-state index contributed by atoms with van der Waals surface area (Å²) in [6.07, 6.45) is -0.747. The number of aromatic nitrogens is 4. The first kappa shape index (κ1) is 11.3. The van der Waals surface area contributed by atoms with Crippen molar-refractivity contribution >= 4 is 17.7 Å². The molecule has 0 aliphatic heterocycles. The molecule has 0 radical (unpaired) electrons. The number of nitrogens with zero attached hydrogens (tertiary/aromatic N) is 4. The van der Waals surface area contributed by atoms with E-state index in [1.54, 1.807) is 24.3 Å². The van der Waals surface area contributed by atoms with Crippen molar-refractivity contribution in [3.63, 3.8) is 0 Å². The normalized spacial score (nSPS) is 10.0. The van der Waals surface area contributed by atoms with Gasteiger partial charge in [-0.3, -0.25) is 0 Å². The van der Waals surface area contributed by atoms with Crippen molar-refractivity contribution in [2.24, 2.45) is 0 Å². The summed E-state index contributed by atoms with van der Waals surface area (Å²) in [5.74, 6) is 0.485. The number of methoxy groups -OCH3 is 1. The van der Waals surface area contributed by atoms with E-state index in [9.17, 15) is 4.79 Å². The molecule has 0 amide bonds. The van der Waals surface area contributed by atoms with E-state index in [-0.39, 0.29) is 6.01 Å². The van der Waals surface area contributed by atoms with Crippen molar-refractivity contribution < 1.29 is 14.3 Å². The zero-order valence-electron chi connectivity index (χ0n) is 8.70. The Labute approximate surface area is 101 Å². The maximum Gasteiger partial charge on any atom is 0.453 e. The second-order valence-electron chi connectivity index (χ2n) is 2.89. The fourth-order valence-electron chi connectivity index (χ4n) is 1.01. The maximum atomic E-state index is 11.0. The summed E-state index contributed by atoms with van der Waals surface area (Å²) in [5.41, 5.74) is 0. The molecule has 2 rings (SSSR count). The van der Waals surface area contributed by atoms with Crippen molar-refractivity contribution in [2.75, 3.05) is 7.11 Å². The zero-order chi connectivity index (χ0) is 12.3. The monoisotopic (exact) mass is 254 g/mol. The Morgan fingerprint density at radius 2 is 2.06 bits per heavy atom. The molecule has 1 aromatic heterocycles. The molecule has 0 aliphatic rings. The molecule has 0 bridgehead atoms. The SMILES string of the molecule is COC(=O)n1nnc(Oc2ccc(Cl)cc2)n1. The quantitative estimate of drug-likeness (QED) is 0.812. The Hall–Kier alpha value is -2.15. The number of halogens is 1. The molecule has 7 nitrogen and oxygen atoms in total. The zero-order valence-corrected chi connectivity index (χ0v) is 9.46. The third-order valence-corrected chi connectivity index (χ3v) is 2.01. The Balaban J connectivity index is 2.11. The summed E-state index contributed by atoms with van der Waals surface area (Å²) < 4.78 is 9.64. The molecule has 0 spiro atoms. The fourth-order valence-corrected chi connectivity index (χ4v) is 1.14. The lowest BCUT2D eigenvalue weighted by atomic mass is 10.3. The average Bonchev–Trinajstić information content (AvgIpc) is 2.80. The second kappa shape index (κ2) is 4.79. The molecular weight excluding hydrogens is 248 g/mol. The van der Waals surface area contributed by atoms with Crippen LogP contribution in [0.5, 0.6) is 11.8 Å². The first-order valence-electron chi connectivity index (χ1n) is 4.51. The van der Waals surface area contributed by atoms with Crippen LogP contribution >= 0.6 is 11.6 Å². The minimum absolute atomic E-state index is 0.0577. The van der Waals surface area contributed by atoms with Crippen molar-refractivity contribution in [1.82, 2.24) is 20.2 Å². The van der Waals surface area contributed by atoms with Crippen LogP contribution in [0.25, 0.3) is 0 Å². The Bertz CT molecular complexity index is 525. The van der Waals surface area contributed by atoms with E-state index in [0.717, 1.165) is 0 Å². The number of ether oxygens (including phenoxy) is 2. The molecule has 88 valence electrons. The van der Waals surface area contributed by atoms with Gasteiger partial charge in [0, 0.05) is 5.02 Å². The molecule has 2 aromatic rings. The predicted octanol–water partition coefficient (Wildman–Crippen LogP) is 1.73. The highest BCUT2D eigenvalue weighted by Gasteiger charge is 2.11. The molecule has 0 saturated carbocycles. The van der Waals surface area contributed by atoms with Crippen molar-refractivity contribution in [1.29, 1.82) is 0 Å². The highest BCUT2D eigenvalue weighted by atomic mass is 35.5. The van der Waals surface area contributed by atoms with Crippen molar-refractivity contribution in [3.8, 4) is 11.8 Å². The Kier molecular flexibility index (Phi) is 3.20. The van der Waals surface area contributed by atoms with Gasteiger partial charge < -0.3 is 9.47 Å². The van der Waals surface area contributed by atoms with Gasteiger partial charge in [0.15, 0.2) is 0 Å². The van der Waals surface area contributed by atoms with E-state index >= 15 is 0 Å². The predicted molar refractivity (Wildman–Crippen MR) is 57.1 cm³/mol. The maximum absolute atomic E-state index is 11.0. The third kappa shape index (κ3) is 2.70. The van der Waals surface area contributed by atoms with E-state index in [1.807, 2.05) is 0 Å². The highest BCUT2D eigenvalue weighted by Crippen LogP contribution is 2.19. The van der Waals surface area contributed by atoms with Gasteiger partial charge in [-0.1, -0.05) is 26.6 Å². The third-order valence-electron chi connectivity index (χ3n) is 1.76. The molecule has 0 unspecified atom stereocenters. The molecule has 0 fully saturated rings. The molecule has 0 saturated heterocycles. The molecule has 0 atom stereocenters. The van der Waals surface area contributed by atoms with Crippen LogP contribution in [0.3, 0.4) is 0 Å². The molecule has 17 heavy (non-hydrogen) atoms. The van der Waals surface area contributed by atoms with Crippen LogP contribution in [-0.4, -0.2) is 33.4 Å². The average molecular weight is 255 g/mol. The van der Waals surface area contributed by atoms with E-state index in [4.69, 9.17) is 16.3 Å². The second-order valence-corrected chi connectivity index (χ2v) is 3.32. The standard InChI is InChI=1S/C9H7ClN4O3/c1-16-9(15)14-12-8(11-13-14)17-7-4-2-6(10)3-5-7/h2-5H,1H3. The lowest BCUT2D eigenvalue weighted by molar-refractivity contribution is 0.164. The van der Waals surface area contributed by atoms with Gasteiger partial charge in [-0.15, -0.1) is 0 Å². The minimum atomic E-state index is -0.747. The van der Waals surface area contributed by atoms with Gasteiger partial charge in [-0.05, 0) is 29.5 Å². The number of tetrazole rings is 1. The molecular formula is C9H7ClN4O3. The van der Waals surface area contributed by atoms with Crippen molar-refractivity contribution in [3.05, 3.63) is 29.3 Å². The first-order chi connectivity index (χ1) is 8.19. The first-order valence-corrected chi connectivity index (χ1v) is 4.88. The number of rotatable bonds is 2. The fraction of sp³-hybridized carbons (Fsp3) is 0.111. The van der Waals surface area contributed by atoms with Gasteiger partial charge in [-0.2, -0.15) is 0 Å². The van der Waals surface area contributed by atoms with Crippen LogP contribution in [0.4, 0.5) is 4.79 Å². The summed E-state index contributed by atoms with van der Waals surface area (Å²) in [4.78, 5) is 11.7. The van der Waals surface area contributed by atoms with E-state index in [0.29, 0.717) is 15.6 Å². The topological polar surface area (TPSA) is 79.1 Å². The lowest BCUT2D eigenvalue weighted by Crippen LogP contribution is -2.14. The van der Waals surface area contributed by atoms with Gasteiger partial charge >= 0.3 is 12.1 Å². The summed E-state index contributed by atoms with van der Waals surface area (Å²) in [5, 5.41) is 11.2. The number of benzene rings is 1. The van der Waals surface area contributed by atoms with E-state index < -0.39 is 6.09 Å². The molecule has 8 heteroatoms. The van der Waals surface area contributed by atoms with Gasteiger partial charge in [0.05, 0.1) is 7.11 Å². The van der Waals surface area contributed by atoms with Crippen LogP contribution in [0.1, 0.15) is 0 Å². The molecule has 1 aromatic carbocycles. The van der Waals surface area contributed by atoms with Crippen LogP contribution in [0, 0.1) is 0 Å². The summed E-state index contributed by atoms with van der Waals surface area (Å²) in [6, 6.07) is 6.53. The van der Waals surface area contributed by atoms with Crippen LogP contribution in [0.2, 0.25) is 5.02 Å². The number of carbonyl (C=O) groups excluding carboxylic acids is 1. The van der Waals surface area contributed by atoms with Gasteiger partial charge in [0.2, 0.25) is 0 Å². The summed E-state index contributed by atoms with van der Waals surface area (Å²) in [6.45, 7) is 0. The van der Waals surface area contributed by atoms with Crippen LogP contribution < -0.4 is 4.74 Å². The van der Waals surface area contributed by atoms with Gasteiger partial charge in [-0.25, -0.2) is 4.79 Å². The molecule has 0 aliphatic carbocycles. The van der Waals surface area contributed by atoms with E-state index in [1.165, 1.54) is 7.11 Å². The van der Waals surface area contributed by atoms with Gasteiger partial charge in [0.25, 0.3) is 0 Å². The summed E-state index contributed by atoms with van der Waals surface area (Å²) >= 11 is 5.71. The highest BCUT2D eigenvalue weighted by molar-refractivity contribution is 6.30. The number of hydrogen-bond acceptors (Lipinski definition) is 6. The van der Waals surface area contributed by atoms with Crippen LogP contribution in [0.15, 0.2) is 24.3 Å². The number of hydrogen-bond donors (Lipinski definition) is 0. The largest absolute Gasteiger partial charge is 0.453 e.